The van der Waals surface area contributed by atoms with Crippen molar-refractivity contribution < 1.29 is 9.84 Å². The van der Waals surface area contributed by atoms with Crippen LogP contribution in [0.1, 0.15) is 31.0 Å². The number of aliphatic hydroxyl groups excluding tert-OH is 1. The molecule has 21 heavy (non-hydrogen) atoms. The van der Waals surface area contributed by atoms with Crippen molar-refractivity contribution in [2.24, 2.45) is 0 Å². The molecule has 0 saturated carbocycles. The van der Waals surface area contributed by atoms with Gasteiger partial charge in [-0.3, -0.25) is 4.40 Å². The molecule has 1 aromatic carbocycles. The summed E-state index contributed by atoms with van der Waals surface area (Å²) in [6.45, 7) is 4.13. The molecule has 0 aliphatic heterocycles. The molecule has 3 aromatic rings. The summed E-state index contributed by atoms with van der Waals surface area (Å²) in [5, 5.41) is 11.5. The number of aromatic nitrogens is 2. The molecule has 3 rings (SSSR count). The van der Waals surface area contributed by atoms with E-state index in [1.807, 2.05) is 28.1 Å². The van der Waals surface area contributed by atoms with Gasteiger partial charge in [0.1, 0.15) is 11.4 Å². The van der Waals surface area contributed by atoms with Crippen molar-refractivity contribution in [3.8, 4) is 11.6 Å². The van der Waals surface area contributed by atoms with Crippen LogP contribution in [-0.2, 0) is 6.61 Å². The number of thiazole rings is 1. The van der Waals surface area contributed by atoms with Gasteiger partial charge in [-0.25, -0.2) is 0 Å². The van der Waals surface area contributed by atoms with Crippen molar-refractivity contribution in [2.75, 3.05) is 0 Å². The van der Waals surface area contributed by atoms with Gasteiger partial charge in [-0.15, -0.1) is 11.3 Å². The Morgan fingerprint density at radius 2 is 2.24 bits per heavy atom. The van der Waals surface area contributed by atoms with Gasteiger partial charge in [0.2, 0.25) is 5.88 Å². The predicted octanol–water partition coefficient (Wildman–Crippen LogP) is 4.57. The molecule has 0 radical (unpaired) electrons. The Hall–Kier alpha value is -1.37. The molecule has 4 nitrogen and oxygen atoms in total. The zero-order valence-electron chi connectivity index (χ0n) is 11.7. The van der Waals surface area contributed by atoms with Gasteiger partial charge in [0.25, 0.3) is 0 Å². The Labute approximate surface area is 135 Å². The molecule has 0 aliphatic carbocycles. The SMILES string of the molecule is CC(C)c1cc(Br)ccc1Oc1nc2sccn2c1CO. The average Bonchev–Trinajstić information content (AvgIpc) is 3.00. The molecule has 0 unspecified atom stereocenters. The first-order valence-corrected chi connectivity index (χ1v) is 8.30. The molecule has 2 heterocycles. The highest BCUT2D eigenvalue weighted by Gasteiger charge is 2.17. The zero-order chi connectivity index (χ0) is 15.0. The summed E-state index contributed by atoms with van der Waals surface area (Å²) < 4.78 is 8.86. The molecule has 1 N–H and O–H groups in total. The smallest absolute Gasteiger partial charge is 0.244 e. The average molecular weight is 367 g/mol. The first-order chi connectivity index (χ1) is 10.1. The number of fused-ring (bicyclic) bond motifs is 1. The summed E-state index contributed by atoms with van der Waals surface area (Å²) in [7, 11) is 0. The largest absolute Gasteiger partial charge is 0.437 e. The normalized spacial score (nSPS) is 11.5. The topological polar surface area (TPSA) is 46.8 Å². The number of imidazole rings is 1. The number of halogens is 1. The second kappa shape index (κ2) is 5.79. The van der Waals surface area contributed by atoms with Gasteiger partial charge in [0, 0.05) is 16.0 Å². The third-order valence-corrected chi connectivity index (χ3v) is 4.52. The number of hydrogen-bond acceptors (Lipinski definition) is 4. The predicted molar refractivity (Wildman–Crippen MR) is 87.3 cm³/mol. The fraction of sp³-hybridized carbons (Fsp3) is 0.267. The lowest BCUT2D eigenvalue weighted by molar-refractivity contribution is 0.269. The molecule has 0 amide bonds. The Kier molecular flexibility index (Phi) is 4.01. The van der Waals surface area contributed by atoms with Crippen LogP contribution in [0.2, 0.25) is 0 Å². The van der Waals surface area contributed by atoms with Gasteiger partial charge in [-0.2, -0.15) is 4.98 Å². The van der Waals surface area contributed by atoms with E-state index in [-0.39, 0.29) is 6.61 Å². The van der Waals surface area contributed by atoms with Crippen molar-refractivity contribution in [1.29, 1.82) is 0 Å². The minimum absolute atomic E-state index is 0.110. The van der Waals surface area contributed by atoms with E-state index in [1.54, 1.807) is 0 Å². The van der Waals surface area contributed by atoms with E-state index in [4.69, 9.17) is 4.74 Å². The van der Waals surface area contributed by atoms with Crippen molar-refractivity contribution in [2.45, 2.75) is 26.4 Å². The number of benzene rings is 1. The van der Waals surface area contributed by atoms with Crippen molar-refractivity contribution >= 4 is 32.2 Å². The highest BCUT2D eigenvalue weighted by atomic mass is 79.9. The third-order valence-electron chi connectivity index (χ3n) is 3.27. The van der Waals surface area contributed by atoms with Gasteiger partial charge in [0.05, 0.1) is 6.61 Å². The van der Waals surface area contributed by atoms with Gasteiger partial charge < -0.3 is 9.84 Å². The Balaban J connectivity index is 2.04. The lowest BCUT2D eigenvalue weighted by atomic mass is 10.0. The van der Waals surface area contributed by atoms with Crippen LogP contribution in [0.4, 0.5) is 0 Å². The van der Waals surface area contributed by atoms with E-state index in [9.17, 15) is 5.11 Å². The zero-order valence-corrected chi connectivity index (χ0v) is 14.1. The van der Waals surface area contributed by atoms with Crippen LogP contribution >= 0.6 is 27.3 Å². The van der Waals surface area contributed by atoms with Gasteiger partial charge in [-0.05, 0) is 29.7 Å². The summed E-state index contributed by atoms with van der Waals surface area (Å²) in [5.74, 6) is 1.57. The maximum absolute atomic E-state index is 9.58. The highest BCUT2D eigenvalue weighted by Crippen LogP contribution is 2.34. The first-order valence-electron chi connectivity index (χ1n) is 6.62. The van der Waals surface area contributed by atoms with E-state index in [1.165, 1.54) is 11.3 Å². The maximum Gasteiger partial charge on any atom is 0.244 e. The minimum Gasteiger partial charge on any atom is -0.437 e. The molecule has 0 fully saturated rings. The van der Waals surface area contributed by atoms with Crippen molar-refractivity contribution in [1.82, 2.24) is 9.38 Å². The number of rotatable bonds is 4. The second-order valence-corrected chi connectivity index (χ2v) is 6.80. The van der Waals surface area contributed by atoms with E-state index >= 15 is 0 Å². The molecule has 110 valence electrons. The van der Waals surface area contributed by atoms with Gasteiger partial charge >= 0.3 is 0 Å². The van der Waals surface area contributed by atoms with Crippen LogP contribution in [-0.4, -0.2) is 14.5 Å². The van der Waals surface area contributed by atoms with Crippen LogP contribution in [0.15, 0.2) is 34.2 Å². The quantitative estimate of drug-likeness (QED) is 0.735. The molecular weight excluding hydrogens is 352 g/mol. The molecule has 0 spiro atoms. The Morgan fingerprint density at radius 1 is 1.43 bits per heavy atom. The number of aliphatic hydroxyl groups is 1. The molecule has 2 aromatic heterocycles. The minimum atomic E-state index is -0.110. The van der Waals surface area contributed by atoms with E-state index in [0.717, 1.165) is 20.7 Å². The number of hydrogen-bond donors (Lipinski definition) is 1. The van der Waals surface area contributed by atoms with E-state index < -0.39 is 0 Å². The molecule has 0 saturated heterocycles. The van der Waals surface area contributed by atoms with Crippen LogP contribution in [0.5, 0.6) is 11.6 Å². The summed E-state index contributed by atoms with van der Waals surface area (Å²) in [5.41, 5.74) is 1.77. The lowest BCUT2D eigenvalue weighted by Gasteiger charge is -2.13. The monoisotopic (exact) mass is 366 g/mol. The summed E-state index contributed by atoms with van der Waals surface area (Å²) in [6, 6.07) is 5.92. The fourth-order valence-electron chi connectivity index (χ4n) is 2.21. The standard InChI is InChI=1S/C15H15BrN2O2S/c1-9(2)11-7-10(16)3-4-13(11)20-14-12(8-19)18-5-6-21-15(18)17-14/h3-7,9,19H,8H2,1-2H3. The third kappa shape index (κ3) is 2.71. The second-order valence-electron chi connectivity index (χ2n) is 5.02. The summed E-state index contributed by atoms with van der Waals surface area (Å²) in [6.07, 6.45) is 1.89. The lowest BCUT2D eigenvalue weighted by Crippen LogP contribution is -1.97. The molecule has 6 heteroatoms. The molecular formula is C15H15BrN2O2S. The summed E-state index contributed by atoms with van der Waals surface area (Å²) in [4.78, 5) is 5.27. The summed E-state index contributed by atoms with van der Waals surface area (Å²) >= 11 is 5.00. The van der Waals surface area contributed by atoms with Crippen LogP contribution < -0.4 is 4.74 Å². The van der Waals surface area contributed by atoms with Crippen molar-refractivity contribution in [3.05, 3.63) is 45.5 Å². The van der Waals surface area contributed by atoms with E-state index in [2.05, 4.69) is 40.8 Å². The fourth-order valence-corrected chi connectivity index (χ4v) is 3.31. The van der Waals surface area contributed by atoms with Crippen LogP contribution in [0.25, 0.3) is 4.96 Å². The molecule has 0 atom stereocenters. The highest BCUT2D eigenvalue weighted by molar-refractivity contribution is 9.10. The Bertz CT molecular complexity index is 779. The van der Waals surface area contributed by atoms with Crippen LogP contribution in [0.3, 0.4) is 0 Å². The van der Waals surface area contributed by atoms with Crippen molar-refractivity contribution in [3.63, 3.8) is 0 Å². The van der Waals surface area contributed by atoms with Crippen LogP contribution in [0, 0.1) is 0 Å². The number of nitrogens with zero attached hydrogens (tertiary/aromatic N) is 2. The molecule has 0 aliphatic rings. The maximum atomic E-state index is 9.58. The first kappa shape index (κ1) is 14.6. The molecule has 0 bridgehead atoms. The Morgan fingerprint density at radius 3 is 2.95 bits per heavy atom. The van der Waals surface area contributed by atoms with E-state index in [0.29, 0.717) is 17.5 Å². The van der Waals surface area contributed by atoms with Gasteiger partial charge in [-0.1, -0.05) is 29.8 Å². The number of ether oxygens (including phenoxy) is 1. The van der Waals surface area contributed by atoms with Gasteiger partial charge in [0.15, 0.2) is 4.96 Å².